The number of methoxy groups -OCH3 is 1. The van der Waals surface area contributed by atoms with Crippen LogP contribution in [-0.2, 0) is 26.1 Å². The number of amides is 1. The Balaban J connectivity index is 1.78. The summed E-state index contributed by atoms with van der Waals surface area (Å²) < 4.78 is 17.4. The van der Waals surface area contributed by atoms with E-state index in [0.717, 1.165) is 31.5 Å². The Labute approximate surface area is 140 Å². The first-order valence-electron chi connectivity index (χ1n) is 8.03. The van der Waals surface area contributed by atoms with Crippen molar-refractivity contribution in [2.75, 3.05) is 39.1 Å². The largest absolute Gasteiger partial charge is 0.384 e. The molecule has 6 heteroatoms. The van der Waals surface area contributed by atoms with E-state index in [0.29, 0.717) is 24.7 Å². The van der Waals surface area contributed by atoms with E-state index in [1.807, 2.05) is 30.3 Å². The number of hydrogen-bond acceptors (Lipinski definition) is 4. The van der Waals surface area contributed by atoms with Gasteiger partial charge in [0.1, 0.15) is 0 Å². The molecule has 1 fully saturated rings. The van der Waals surface area contributed by atoms with Gasteiger partial charge >= 0.3 is 0 Å². The molecule has 0 aromatic heterocycles. The summed E-state index contributed by atoms with van der Waals surface area (Å²) in [6.07, 6.45) is 1.56. The van der Waals surface area contributed by atoms with Crippen molar-refractivity contribution in [3.63, 3.8) is 0 Å². The Kier molecular flexibility index (Phi) is 7.20. The summed E-state index contributed by atoms with van der Waals surface area (Å²) in [5, 5.41) is 6.23. The maximum atomic E-state index is 12.5. The minimum Gasteiger partial charge on any atom is -0.384 e. The fourth-order valence-corrected chi connectivity index (χ4v) is 3.96. The van der Waals surface area contributed by atoms with Crippen LogP contribution in [-0.4, -0.2) is 49.2 Å². The van der Waals surface area contributed by atoms with E-state index in [2.05, 4.69) is 10.6 Å². The van der Waals surface area contributed by atoms with Crippen molar-refractivity contribution >= 4 is 16.7 Å². The first kappa shape index (κ1) is 18.1. The van der Waals surface area contributed by atoms with Crippen LogP contribution < -0.4 is 10.6 Å². The Hall–Kier alpha value is -1.24. The molecule has 2 rings (SSSR count). The minimum absolute atomic E-state index is 0.0255. The summed E-state index contributed by atoms with van der Waals surface area (Å²) in [6, 6.07) is 9.78. The molecule has 0 spiro atoms. The number of carbonyl (C=O) groups is 1. The zero-order chi connectivity index (χ0) is 16.5. The van der Waals surface area contributed by atoms with Gasteiger partial charge in [-0.1, -0.05) is 30.3 Å². The molecular formula is C17H26N2O3S. The summed E-state index contributed by atoms with van der Waals surface area (Å²) in [5.41, 5.74) is 0.618. The Morgan fingerprint density at radius 1 is 1.30 bits per heavy atom. The van der Waals surface area contributed by atoms with Crippen molar-refractivity contribution < 1.29 is 13.7 Å². The monoisotopic (exact) mass is 338 g/mol. The molecule has 0 bridgehead atoms. The zero-order valence-electron chi connectivity index (χ0n) is 13.7. The van der Waals surface area contributed by atoms with Gasteiger partial charge in [-0.25, -0.2) is 0 Å². The molecule has 1 atom stereocenters. The van der Waals surface area contributed by atoms with Gasteiger partial charge in [0.25, 0.3) is 0 Å². The highest BCUT2D eigenvalue weighted by molar-refractivity contribution is 7.84. The lowest BCUT2D eigenvalue weighted by Gasteiger charge is -2.35. The third kappa shape index (κ3) is 5.41. The van der Waals surface area contributed by atoms with Gasteiger partial charge < -0.3 is 15.4 Å². The number of rotatable bonds is 8. The lowest BCUT2D eigenvalue weighted by molar-refractivity contribution is -0.136. The van der Waals surface area contributed by atoms with Gasteiger partial charge in [0.2, 0.25) is 5.91 Å². The van der Waals surface area contributed by atoms with Gasteiger partial charge in [-0.2, -0.15) is 0 Å². The van der Waals surface area contributed by atoms with E-state index in [1.165, 1.54) is 0 Å². The molecule has 1 aliphatic heterocycles. The predicted octanol–water partition coefficient (Wildman–Crippen LogP) is 1.07. The van der Waals surface area contributed by atoms with Gasteiger partial charge in [-0.05, 0) is 31.5 Å². The van der Waals surface area contributed by atoms with Crippen LogP contribution in [0.25, 0.3) is 0 Å². The molecule has 1 aromatic carbocycles. The van der Waals surface area contributed by atoms with Crippen molar-refractivity contribution in [2.24, 2.45) is 5.41 Å². The highest BCUT2D eigenvalue weighted by Crippen LogP contribution is 2.29. The van der Waals surface area contributed by atoms with Crippen LogP contribution in [0.3, 0.4) is 0 Å². The van der Waals surface area contributed by atoms with Gasteiger partial charge in [0.05, 0.1) is 12.0 Å². The molecular weight excluding hydrogens is 312 g/mol. The quantitative estimate of drug-likeness (QED) is 0.744. The zero-order valence-corrected chi connectivity index (χ0v) is 14.5. The molecule has 1 unspecified atom stereocenters. The first-order valence-corrected chi connectivity index (χ1v) is 9.52. The second kappa shape index (κ2) is 9.15. The fraction of sp³-hybridized carbons (Fsp3) is 0.588. The lowest BCUT2D eigenvalue weighted by Crippen LogP contribution is -2.50. The van der Waals surface area contributed by atoms with E-state index in [1.54, 1.807) is 7.11 Å². The third-order valence-electron chi connectivity index (χ3n) is 4.25. The fourth-order valence-electron chi connectivity index (χ4n) is 2.92. The Bertz CT molecular complexity index is 510. The molecule has 1 aliphatic rings. The molecule has 128 valence electrons. The van der Waals surface area contributed by atoms with Crippen LogP contribution in [0.5, 0.6) is 0 Å². The summed E-state index contributed by atoms with van der Waals surface area (Å²) in [7, 11) is 0.663. The normalized spacial score (nSPS) is 18.3. The van der Waals surface area contributed by atoms with E-state index < -0.39 is 16.2 Å². The molecule has 0 saturated carbocycles. The summed E-state index contributed by atoms with van der Waals surface area (Å²) in [5.74, 6) is 1.03. The van der Waals surface area contributed by atoms with E-state index >= 15 is 0 Å². The van der Waals surface area contributed by atoms with E-state index in [9.17, 15) is 9.00 Å². The van der Waals surface area contributed by atoms with Crippen LogP contribution in [0.15, 0.2) is 30.3 Å². The average molecular weight is 338 g/mol. The van der Waals surface area contributed by atoms with Crippen molar-refractivity contribution in [3.8, 4) is 0 Å². The predicted molar refractivity (Wildman–Crippen MR) is 92.6 cm³/mol. The SMILES string of the molecule is COCC1(C(=O)NCCS(=O)Cc2ccccc2)CCNCC1. The third-order valence-corrected chi connectivity index (χ3v) is 5.56. The highest BCUT2D eigenvalue weighted by atomic mass is 32.2. The van der Waals surface area contributed by atoms with Crippen molar-refractivity contribution in [3.05, 3.63) is 35.9 Å². The van der Waals surface area contributed by atoms with Gasteiger partial charge in [-0.3, -0.25) is 9.00 Å². The molecule has 1 aromatic rings. The van der Waals surface area contributed by atoms with Crippen molar-refractivity contribution in [1.82, 2.24) is 10.6 Å². The second-order valence-electron chi connectivity index (χ2n) is 5.99. The molecule has 0 radical (unpaired) electrons. The molecule has 1 amide bonds. The topological polar surface area (TPSA) is 67.4 Å². The molecule has 1 saturated heterocycles. The number of benzene rings is 1. The van der Waals surface area contributed by atoms with Crippen LogP contribution >= 0.6 is 0 Å². The number of carbonyl (C=O) groups excluding carboxylic acids is 1. The number of nitrogens with one attached hydrogen (secondary N) is 2. The van der Waals surface area contributed by atoms with Crippen LogP contribution in [0, 0.1) is 5.41 Å². The first-order chi connectivity index (χ1) is 11.2. The number of ether oxygens (including phenoxy) is 1. The number of piperidine rings is 1. The average Bonchev–Trinajstić information content (AvgIpc) is 2.57. The lowest BCUT2D eigenvalue weighted by atomic mass is 9.78. The summed E-state index contributed by atoms with van der Waals surface area (Å²) >= 11 is 0. The second-order valence-corrected chi connectivity index (χ2v) is 7.57. The van der Waals surface area contributed by atoms with E-state index in [4.69, 9.17) is 4.74 Å². The molecule has 0 aliphatic carbocycles. The van der Waals surface area contributed by atoms with Crippen LogP contribution in [0.4, 0.5) is 0 Å². The molecule has 2 N–H and O–H groups in total. The minimum atomic E-state index is -0.968. The van der Waals surface area contributed by atoms with Crippen molar-refractivity contribution in [1.29, 1.82) is 0 Å². The highest BCUT2D eigenvalue weighted by Gasteiger charge is 2.39. The van der Waals surface area contributed by atoms with Crippen LogP contribution in [0.2, 0.25) is 0 Å². The molecule has 5 nitrogen and oxygen atoms in total. The van der Waals surface area contributed by atoms with Crippen LogP contribution in [0.1, 0.15) is 18.4 Å². The smallest absolute Gasteiger partial charge is 0.228 e. The van der Waals surface area contributed by atoms with Gasteiger partial charge in [0.15, 0.2) is 0 Å². The summed E-state index contributed by atoms with van der Waals surface area (Å²) in [4.78, 5) is 12.5. The number of hydrogen-bond donors (Lipinski definition) is 2. The summed E-state index contributed by atoms with van der Waals surface area (Å²) in [6.45, 7) is 2.54. The van der Waals surface area contributed by atoms with Crippen molar-refractivity contribution in [2.45, 2.75) is 18.6 Å². The Morgan fingerprint density at radius 2 is 2.00 bits per heavy atom. The Morgan fingerprint density at radius 3 is 2.65 bits per heavy atom. The van der Waals surface area contributed by atoms with Gasteiger partial charge in [0, 0.05) is 36.0 Å². The maximum Gasteiger partial charge on any atom is 0.228 e. The molecule has 23 heavy (non-hydrogen) atoms. The standard InChI is InChI=1S/C17H26N2O3S/c1-22-14-17(7-9-18-10-8-17)16(20)19-11-12-23(21)13-15-5-3-2-4-6-15/h2-6,18H,7-14H2,1H3,(H,19,20). The van der Waals surface area contributed by atoms with Gasteiger partial charge in [-0.15, -0.1) is 0 Å². The van der Waals surface area contributed by atoms with E-state index in [-0.39, 0.29) is 5.91 Å². The molecule has 1 heterocycles. The maximum absolute atomic E-state index is 12.5.